The van der Waals surface area contributed by atoms with E-state index >= 15 is 0 Å². The van der Waals surface area contributed by atoms with Crippen molar-refractivity contribution in [3.63, 3.8) is 0 Å². The van der Waals surface area contributed by atoms with Crippen molar-refractivity contribution in [1.29, 1.82) is 0 Å². The Kier molecular flexibility index (Phi) is 5.79. The van der Waals surface area contributed by atoms with Crippen LogP contribution < -0.4 is 0 Å². The molecule has 0 spiro atoms. The summed E-state index contributed by atoms with van der Waals surface area (Å²) in [5, 5.41) is 0. The second-order valence-corrected chi connectivity index (χ2v) is 10.2. The summed E-state index contributed by atoms with van der Waals surface area (Å²) >= 11 is 0. The van der Waals surface area contributed by atoms with Gasteiger partial charge >= 0.3 is 0 Å². The number of piperazine rings is 1. The minimum absolute atomic E-state index is 0.0526. The molecule has 2 aliphatic rings. The smallest absolute Gasteiger partial charge is 0.153 e. The van der Waals surface area contributed by atoms with Crippen LogP contribution in [0.25, 0.3) is 0 Å². The molecule has 0 radical (unpaired) electrons. The molecule has 2 fully saturated rings. The molecule has 0 saturated carbocycles. The van der Waals surface area contributed by atoms with Gasteiger partial charge in [-0.05, 0) is 19.9 Å². The zero-order valence-electron chi connectivity index (χ0n) is 16.2. The van der Waals surface area contributed by atoms with Gasteiger partial charge in [0.15, 0.2) is 9.84 Å². The van der Waals surface area contributed by atoms with Crippen LogP contribution in [-0.2, 0) is 16.4 Å². The standard InChI is InChI=1S/C19H30N4O2S/c1-14(2)6-8-22-9-10-23(18-13-26(24,25)12-17(18)22)11-16-5-7-20-19(21-16)15(3)4/h5-7,15,17-18H,8-13H2,1-4H3/t17-,18+/m0/s1. The predicted octanol–water partition coefficient (Wildman–Crippen LogP) is 1.85. The SMILES string of the molecule is CC(C)=CCN1CCN(Cc2ccnc(C(C)C)n2)[C@@H]2CS(=O)(=O)C[C@@H]21. The molecule has 1 aromatic heterocycles. The van der Waals surface area contributed by atoms with Crippen molar-refractivity contribution in [2.75, 3.05) is 31.1 Å². The topological polar surface area (TPSA) is 66.4 Å². The minimum Gasteiger partial charge on any atom is -0.293 e. The highest BCUT2D eigenvalue weighted by atomic mass is 32.2. The van der Waals surface area contributed by atoms with Crippen molar-refractivity contribution in [3.05, 3.63) is 35.4 Å². The Labute approximate surface area is 157 Å². The molecule has 144 valence electrons. The number of rotatable bonds is 5. The number of hydrogen-bond acceptors (Lipinski definition) is 6. The molecule has 2 atom stereocenters. The number of sulfone groups is 1. The van der Waals surface area contributed by atoms with Crippen molar-refractivity contribution in [2.24, 2.45) is 0 Å². The molecule has 2 aliphatic heterocycles. The third-order valence-electron chi connectivity index (χ3n) is 5.25. The van der Waals surface area contributed by atoms with Gasteiger partial charge in [0.1, 0.15) is 5.82 Å². The van der Waals surface area contributed by atoms with Gasteiger partial charge in [-0.2, -0.15) is 0 Å². The molecule has 26 heavy (non-hydrogen) atoms. The summed E-state index contributed by atoms with van der Waals surface area (Å²) in [6.45, 7) is 11.6. The lowest BCUT2D eigenvalue weighted by atomic mass is 10.0. The van der Waals surface area contributed by atoms with Gasteiger partial charge in [0.2, 0.25) is 0 Å². The number of fused-ring (bicyclic) bond motifs is 1. The van der Waals surface area contributed by atoms with Crippen molar-refractivity contribution in [2.45, 2.75) is 52.2 Å². The van der Waals surface area contributed by atoms with Crippen molar-refractivity contribution >= 4 is 9.84 Å². The first-order valence-electron chi connectivity index (χ1n) is 9.39. The van der Waals surface area contributed by atoms with Crippen LogP contribution in [0, 0.1) is 0 Å². The van der Waals surface area contributed by atoms with Crippen LogP contribution in [0.2, 0.25) is 0 Å². The van der Waals surface area contributed by atoms with E-state index in [4.69, 9.17) is 0 Å². The van der Waals surface area contributed by atoms with Crippen molar-refractivity contribution < 1.29 is 8.42 Å². The molecule has 3 rings (SSSR count). The van der Waals surface area contributed by atoms with Crippen LogP contribution in [-0.4, -0.2) is 71.4 Å². The number of hydrogen-bond donors (Lipinski definition) is 0. The van der Waals surface area contributed by atoms with Crippen LogP contribution in [0.15, 0.2) is 23.9 Å². The summed E-state index contributed by atoms with van der Waals surface area (Å²) < 4.78 is 24.7. The molecule has 0 aliphatic carbocycles. The quantitative estimate of drug-likeness (QED) is 0.729. The first-order chi connectivity index (χ1) is 12.2. The van der Waals surface area contributed by atoms with E-state index in [0.717, 1.165) is 31.2 Å². The van der Waals surface area contributed by atoms with Crippen LogP contribution in [0.3, 0.4) is 0 Å². The first-order valence-corrected chi connectivity index (χ1v) is 11.2. The Bertz CT molecular complexity index is 771. The maximum atomic E-state index is 12.3. The fourth-order valence-corrected chi connectivity index (χ4v) is 5.85. The molecule has 3 heterocycles. The van der Waals surface area contributed by atoms with Crippen LogP contribution in [0.4, 0.5) is 0 Å². The number of allylic oxidation sites excluding steroid dienone is 1. The lowest BCUT2D eigenvalue weighted by Gasteiger charge is -2.43. The highest BCUT2D eigenvalue weighted by molar-refractivity contribution is 7.91. The molecule has 0 unspecified atom stereocenters. The molecule has 6 nitrogen and oxygen atoms in total. The van der Waals surface area contributed by atoms with Crippen LogP contribution in [0.5, 0.6) is 0 Å². The maximum absolute atomic E-state index is 12.3. The first kappa shape index (κ1) is 19.5. The van der Waals surface area contributed by atoms with E-state index < -0.39 is 9.84 Å². The van der Waals surface area contributed by atoms with Gasteiger partial charge in [0.05, 0.1) is 17.2 Å². The lowest BCUT2D eigenvalue weighted by molar-refractivity contribution is 0.0469. The molecule has 0 bridgehead atoms. The Morgan fingerprint density at radius 2 is 1.88 bits per heavy atom. The molecule has 0 N–H and O–H groups in total. The van der Waals surface area contributed by atoms with E-state index in [1.165, 1.54) is 5.57 Å². The van der Waals surface area contributed by atoms with Gasteiger partial charge in [0, 0.05) is 50.4 Å². The second kappa shape index (κ2) is 7.74. The van der Waals surface area contributed by atoms with E-state index in [1.807, 2.05) is 12.3 Å². The summed E-state index contributed by atoms with van der Waals surface area (Å²) in [6.07, 6.45) is 4.00. The molecular weight excluding hydrogens is 348 g/mol. The summed E-state index contributed by atoms with van der Waals surface area (Å²) in [7, 11) is -2.98. The van der Waals surface area contributed by atoms with Gasteiger partial charge in [-0.3, -0.25) is 9.80 Å². The Morgan fingerprint density at radius 3 is 2.54 bits per heavy atom. The molecule has 0 amide bonds. The average Bonchev–Trinajstić information content (AvgIpc) is 2.90. The normalized spacial score (nSPS) is 26.0. The zero-order valence-corrected chi connectivity index (χ0v) is 17.0. The summed E-state index contributed by atoms with van der Waals surface area (Å²) in [6, 6.07) is 2.08. The van der Waals surface area contributed by atoms with Crippen LogP contribution in [0.1, 0.15) is 45.1 Å². The Morgan fingerprint density at radius 1 is 1.23 bits per heavy atom. The molecule has 2 saturated heterocycles. The Balaban J connectivity index is 1.77. The average molecular weight is 379 g/mol. The fourth-order valence-electron chi connectivity index (χ4n) is 3.81. The van der Waals surface area contributed by atoms with E-state index in [9.17, 15) is 8.42 Å². The molecule has 1 aromatic rings. The fraction of sp³-hybridized carbons (Fsp3) is 0.684. The highest BCUT2D eigenvalue weighted by Crippen LogP contribution is 2.28. The van der Waals surface area contributed by atoms with Crippen molar-refractivity contribution in [3.8, 4) is 0 Å². The predicted molar refractivity (Wildman–Crippen MR) is 104 cm³/mol. The summed E-state index contributed by atoms with van der Waals surface area (Å²) in [4.78, 5) is 13.6. The van der Waals surface area contributed by atoms with Gasteiger partial charge in [0.25, 0.3) is 0 Å². The van der Waals surface area contributed by atoms with Gasteiger partial charge in [-0.15, -0.1) is 0 Å². The maximum Gasteiger partial charge on any atom is 0.153 e. The van der Waals surface area contributed by atoms with E-state index in [1.54, 1.807) is 0 Å². The van der Waals surface area contributed by atoms with E-state index in [0.29, 0.717) is 6.54 Å². The molecule has 7 heteroatoms. The minimum atomic E-state index is -2.98. The molecular formula is C19H30N4O2S. The van der Waals surface area contributed by atoms with Gasteiger partial charge < -0.3 is 0 Å². The largest absolute Gasteiger partial charge is 0.293 e. The molecule has 0 aromatic carbocycles. The zero-order chi connectivity index (χ0) is 18.9. The third kappa shape index (κ3) is 4.50. The van der Waals surface area contributed by atoms with Crippen molar-refractivity contribution in [1.82, 2.24) is 19.8 Å². The van der Waals surface area contributed by atoms with Gasteiger partial charge in [-0.1, -0.05) is 25.5 Å². The third-order valence-corrected chi connectivity index (χ3v) is 6.95. The van der Waals surface area contributed by atoms with Gasteiger partial charge in [-0.25, -0.2) is 18.4 Å². The summed E-state index contributed by atoms with van der Waals surface area (Å²) in [5.74, 6) is 1.66. The highest BCUT2D eigenvalue weighted by Gasteiger charge is 2.46. The Hall–Kier alpha value is -1.31. The monoisotopic (exact) mass is 378 g/mol. The number of aromatic nitrogens is 2. The summed E-state index contributed by atoms with van der Waals surface area (Å²) in [5.41, 5.74) is 2.25. The number of nitrogens with zero attached hydrogens (tertiary/aromatic N) is 4. The van der Waals surface area contributed by atoms with Crippen LogP contribution >= 0.6 is 0 Å². The second-order valence-electron chi connectivity index (χ2n) is 8.02. The lowest BCUT2D eigenvalue weighted by Crippen LogP contribution is -2.58. The van der Waals surface area contributed by atoms with E-state index in [-0.39, 0.29) is 29.5 Å². The van der Waals surface area contributed by atoms with E-state index in [2.05, 4.69) is 53.5 Å².